The number of nitrogens with two attached hydrogens (primary N) is 1. The molecule has 1 saturated carbocycles. The molecule has 0 radical (unpaired) electrons. The van der Waals surface area contributed by atoms with E-state index < -0.39 is 0 Å². The van der Waals surface area contributed by atoms with E-state index in [4.69, 9.17) is 5.73 Å². The number of likely N-dealkylation sites (tertiary alicyclic amines) is 1. The van der Waals surface area contributed by atoms with Gasteiger partial charge < -0.3 is 15.5 Å². The summed E-state index contributed by atoms with van der Waals surface area (Å²) in [7, 11) is 0. The molecule has 2 amide bonds. The predicted octanol–water partition coefficient (Wildman–Crippen LogP) is 1.70. The van der Waals surface area contributed by atoms with Crippen LogP contribution in [0.25, 0.3) is 0 Å². The molecule has 2 N–H and O–H groups in total. The molecule has 2 saturated heterocycles. The fourth-order valence-corrected chi connectivity index (χ4v) is 5.24. The Kier molecular flexibility index (Phi) is 6.63. The molecule has 23 heavy (non-hydrogen) atoms. The summed E-state index contributed by atoms with van der Waals surface area (Å²) >= 11 is 1.71. The van der Waals surface area contributed by atoms with Gasteiger partial charge in [0.05, 0.1) is 5.88 Å². The van der Waals surface area contributed by atoms with Gasteiger partial charge >= 0.3 is 0 Å². The Bertz CT molecular complexity index is 445. The van der Waals surface area contributed by atoms with Gasteiger partial charge in [0.15, 0.2) is 0 Å². The van der Waals surface area contributed by atoms with Crippen LogP contribution in [0.1, 0.15) is 39.0 Å². The van der Waals surface area contributed by atoms with E-state index in [0.29, 0.717) is 18.3 Å². The lowest BCUT2D eigenvalue weighted by Gasteiger charge is -2.31. The Labute approximate surface area is 149 Å². The summed E-state index contributed by atoms with van der Waals surface area (Å²) in [5, 5.41) is 0. The number of rotatable bonds is 3. The van der Waals surface area contributed by atoms with E-state index in [1.54, 1.807) is 11.8 Å². The van der Waals surface area contributed by atoms with Crippen molar-refractivity contribution in [2.24, 2.45) is 17.6 Å². The van der Waals surface area contributed by atoms with Crippen LogP contribution in [0.4, 0.5) is 0 Å². The van der Waals surface area contributed by atoms with Crippen LogP contribution in [0.15, 0.2) is 0 Å². The van der Waals surface area contributed by atoms with Gasteiger partial charge in [0.1, 0.15) is 6.04 Å². The van der Waals surface area contributed by atoms with E-state index in [0.717, 1.165) is 44.4 Å². The van der Waals surface area contributed by atoms with Gasteiger partial charge in [-0.05, 0) is 38.6 Å². The zero-order valence-corrected chi connectivity index (χ0v) is 15.4. The third kappa shape index (κ3) is 3.80. The molecule has 5 nitrogen and oxygen atoms in total. The third-order valence-electron chi connectivity index (χ3n) is 5.43. The Hall–Kier alpha value is -0.460. The molecular weight excluding hydrogens is 334 g/mol. The Morgan fingerprint density at radius 2 is 1.87 bits per heavy atom. The van der Waals surface area contributed by atoms with Gasteiger partial charge in [-0.1, -0.05) is 12.8 Å². The summed E-state index contributed by atoms with van der Waals surface area (Å²) in [4.78, 5) is 29.4. The average Bonchev–Trinajstić information content (AvgIpc) is 3.25. The van der Waals surface area contributed by atoms with Crippen molar-refractivity contribution in [3.63, 3.8) is 0 Å². The summed E-state index contributed by atoms with van der Waals surface area (Å²) in [6, 6.07) is -0.00726. The zero-order valence-electron chi connectivity index (χ0n) is 13.8. The SMILES string of the molecule is CC1CC(CN)CN1C(=O)C1CSCN1C(=O)C1CCCC1.Cl. The number of nitrogens with zero attached hydrogens (tertiary/aromatic N) is 2. The zero-order chi connectivity index (χ0) is 15.7. The van der Waals surface area contributed by atoms with Crippen LogP contribution in [-0.4, -0.2) is 58.4 Å². The number of hydrogen-bond donors (Lipinski definition) is 1. The standard InChI is InChI=1S/C16H27N3O2S.ClH/c1-11-6-12(7-17)8-18(11)16(21)14-9-22-10-19(14)15(20)13-4-2-3-5-13;/h11-14H,2-10,17H2,1H3;1H. The first kappa shape index (κ1) is 18.9. The van der Waals surface area contributed by atoms with Gasteiger partial charge in [0.2, 0.25) is 11.8 Å². The summed E-state index contributed by atoms with van der Waals surface area (Å²) < 4.78 is 0. The van der Waals surface area contributed by atoms with Crippen LogP contribution in [0.5, 0.6) is 0 Å². The van der Waals surface area contributed by atoms with Crippen molar-refractivity contribution in [3.05, 3.63) is 0 Å². The summed E-state index contributed by atoms with van der Waals surface area (Å²) in [5.74, 6) is 2.33. The number of carbonyl (C=O) groups excluding carboxylic acids is 2. The molecular formula is C16H28ClN3O2S. The minimum Gasteiger partial charge on any atom is -0.338 e. The molecule has 0 bridgehead atoms. The largest absolute Gasteiger partial charge is 0.338 e. The molecule has 0 aromatic rings. The first-order valence-corrected chi connectivity index (χ1v) is 9.66. The minimum atomic E-state index is -0.253. The van der Waals surface area contributed by atoms with Crippen LogP contribution < -0.4 is 5.73 Å². The normalized spacial score (nSPS) is 31.5. The first-order chi connectivity index (χ1) is 10.6. The number of halogens is 1. The van der Waals surface area contributed by atoms with E-state index in [1.807, 2.05) is 9.80 Å². The molecule has 3 unspecified atom stereocenters. The van der Waals surface area contributed by atoms with E-state index in [1.165, 1.54) is 0 Å². The van der Waals surface area contributed by atoms with Crippen LogP contribution in [0.3, 0.4) is 0 Å². The van der Waals surface area contributed by atoms with Gasteiger partial charge in [-0.2, -0.15) is 0 Å². The lowest BCUT2D eigenvalue weighted by Crippen LogP contribution is -2.51. The Balaban J connectivity index is 0.00000192. The van der Waals surface area contributed by atoms with Crippen molar-refractivity contribution in [1.82, 2.24) is 9.80 Å². The topological polar surface area (TPSA) is 66.6 Å². The van der Waals surface area contributed by atoms with Crippen LogP contribution >= 0.6 is 24.2 Å². The number of hydrogen-bond acceptors (Lipinski definition) is 4. The molecule has 3 fully saturated rings. The van der Waals surface area contributed by atoms with Crippen molar-refractivity contribution in [2.45, 2.75) is 51.1 Å². The maximum absolute atomic E-state index is 12.9. The van der Waals surface area contributed by atoms with E-state index in [9.17, 15) is 9.59 Å². The van der Waals surface area contributed by atoms with Crippen molar-refractivity contribution in [3.8, 4) is 0 Å². The smallest absolute Gasteiger partial charge is 0.246 e. The van der Waals surface area contributed by atoms with Gasteiger partial charge in [0.25, 0.3) is 0 Å². The summed E-state index contributed by atoms with van der Waals surface area (Å²) in [6.45, 7) is 3.49. The fourth-order valence-electron chi connectivity index (χ4n) is 4.08. The maximum atomic E-state index is 12.9. The fraction of sp³-hybridized carbons (Fsp3) is 0.875. The van der Waals surface area contributed by atoms with Crippen LogP contribution in [0.2, 0.25) is 0 Å². The monoisotopic (exact) mass is 361 g/mol. The molecule has 0 spiro atoms. The number of amides is 2. The highest BCUT2D eigenvalue weighted by atomic mass is 35.5. The molecule has 3 rings (SSSR count). The highest BCUT2D eigenvalue weighted by molar-refractivity contribution is 7.99. The van der Waals surface area contributed by atoms with E-state index in [2.05, 4.69) is 6.92 Å². The second-order valence-electron chi connectivity index (χ2n) is 6.98. The van der Waals surface area contributed by atoms with Crippen LogP contribution in [0, 0.1) is 11.8 Å². The van der Waals surface area contributed by atoms with Gasteiger partial charge in [-0.3, -0.25) is 9.59 Å². The molecule has 3 atom stereocenters. The second-order valence-corrected chi connectivity index (χ2v) is 7.98. The lowest BCUT2D eigenvalue weighted by atomic mass is 10.1. The molecule has 0 aromatic carbocycles. The first-order valence-electron chi connectivity index (χ1n) is 8.50. The molecule has 0 aromatic heterocycles. The van der Waals surface area contributed by atoms with Gasteiger partial charge in [0, 0.05) is 24.3 Å². The average molecular weight is 362 g/mol. The molecule has 132 valence electrons. The van der Waals surface area contributed by atoms with E-state index >= 15 is 0 Å². The van der Waals surface area contributed by atoms with Gasteiger partial charge in [-0.15, -0.1) is 24.2 Å². The third-order valence-corrected chi connectivity index (χ3v) is 6.44. The van der Waals surface area contributed by atoms with Gasteiger partial charge in [-0.25, -0.2) is 0 Å². The van der Waals surface area contributed by atoms with Crippen LogP contribution in [-0.2, 0) is 9.59 Å². The molecule has 2 aliphatic heterocycles. The number of carbonyl (C=O) groups is 2. The summed E-state index contributed by atoms with van der Waals surface area (Å²) in [6.07, 6.45) is 5.28. The number of thioether (sulfide) groups is 1. The second kappa shape index (κ2) is 8.08. The van der Waals surface area contributed by atoms with Crippen molar-refractivity contribution < 1.29 is 9.59 Å². The highest BCUT2D eigenvalue weighted by Crippen LogP contribution is 2.32. The van der Waals surface area contributed by atoms with Crippen molar-refractivity contribution in [2.75, 3.05) is 24.7 Å². The molecule has 7 heteroatoms. The quantitative estimate of drug-likeness (QED) is 0.830. The minimum absolute atomic E-state index is 0. The highest BCUT2D eigenvalue weighted by Gasteiger charge is 2.42. The lowest BCUT2D eigenvalue weighted by molar-refractivity contribution is -0.145. The molecule has 2 heterocycles. The Morgan fingerprint density at radius 3 is 2.48 bits per heavy atom. The molecule has 3 aliphatic rings. The predicted molar refractivity (Wildman–Crippen MR) is 95.5 cm³/mol. The summed E-state index contributed by atoms with van der Waals surface area (Å²) in [5.41, 5.74) is 5.76. The van der Waals surface area contributed by atoms with E-state index in [-0.39, 0.29) is 42.2 Å². The van der Waals surface area contributed by atoms with Crippen molar-refractivity contribution in [1.29, 1.82) is 0 Å². The maximum Gasteiger partial charge on any atom is 0.246 e. The van der Waals surface area contributed by atoms with Crippen molar-refractivity contribution >= 4 is 36.0 Å². The Morgan fingerprint density at radius 1 is 1.17 bits per heavy atom. The molecule has 1 aliphatic carbocycles.